The quantitative estimate of drug-likeness (QED) is 0.169. The first-order valence-electron chi connectivity index (χ1n) is 20.3. The fourth-order valence-corrected chi connectivity index (χ4v) is 11.3. The molecule has 0 saturated carbocycles. The maximum absolute atomic E-state index is 2.45. The number of nitrogens with zero attached hydrogens (tertiary/aromatic N) is 1. The standard InChI is InChI=1S/C56H39NS/c1-56(2)50-18-10-8-15-44(50)45-31-30-42(34-51(45)56)57(40-26-22-36(23-27-40)35-12-4-3-5-13-35)41-28-24-37(25-29-41)38-20-21-39-33-49-43-14-6-7-16-46(43)53-47-17-9-11-19-52(47)58-55(53)54(49)48(39)32-38/h3-32,34H,33H2,1-2H3. The summed E-state index contributed by atoms with van der Waals surface area (Å²) in [6.07, 6.45) is 0.968. The van der Waals surface area contributed by atoms with Crippen LogP contribution in [0.2, 0.25) is 0 Å². The Morgan fingerprint density at radius 1 is 0.448 bits per heavy atom. The Bertz CT molecular complexity index is 3260. The van der Waals surface area contributed by atoms with Gasteiger partial charge in [0.1, 0.15) is 0 Å². The summed E-state index contributed by atoms with van der Waals surface area (Å²) in [5.74, 6) is 0. The van der Waals surface area contributed by atoms with Gasteiger partial charge in [-0.1, -0.05) is 153 Å². The molecule has 10 aromatic rings. The molecule has 12 rings (SSSR count). The highest BCUT2D eigenvalue weighted by molar-refractivity contribution is 7.26. The van der Waals surface area contributed by atoms with Crippen LogP contribution in [0.25, 0.3) is 75.5 Å². The largest absolute Gasteiger partial charge is 0.310 e. The zero-order chi connectivity index (χ0) is 38.5. The molecule has 2 aliphatic rings. The van der Waals surface area contributed by atoms with E-state index in [0.717, 1.165) is 23.5 Å². The van der Waals surface area contributed by atoms with E-state index >= 15 is 0 Å². The molecule has 0 aliphatic heterocycles. The predicted octanol–water partition coefficient (Wildman–Crippen LogP) is 15.9. The van der Waals surface area contributed by atoms with Crippen molar-refractivity contribution in [2.45, 2.75) is 25.7 Å². The average molecular weight is 758 g/mol. The molecule has 274 valence electrons. The number of rotatable bonds is 5. The molecule has 0 saturated heterocycles. The Kier molecular flexibility index (Phi) is 7.28. The van der Waals surface area contributed by atoms with E-state index in [1.807, 2.05) is 11.3 Å². The molecule has 1 nitrogen and oxygen atoms in total. The molecule has 1 aromatic heterocycles. The van der Waals surface area contributed by atoms with Gasteiger partial charge >= 0.3 is 0 Å². The minimum Gasteiger partial charge on any atom is -0.310 e. The smallest absolute Gasteiger partial charge is 0.0465 e. The van der Waals surface area contributed by atoms with Gasteiger partial charge in [0, 0.05) is 48.2 Å². The normalized spacial score (nSPS) is 13.4. The Balaban J connectivity index is 0.965. The SMILES string of the molecule is CC1(C)c2ccccc2-c2ccc(N(c3ccc(-c4ccccc4)cc3)c3ccc(-c4ccc5c(c4)-c4c(c6ccccc6c6c4sc4ccccc46)C5)cc3)cc21. The lowest BCUT2D eigenvalue weighted by Gasteiger charge is -2.28. The first-order chi connectivity index (χ1) is 28.5. The van der Waals surface area contributed by atoms with E-state index in [4.69, 9.17) is 0 Å². The fraction of sp³-hybridized carbons (Fsp3) is 0.0714. The molecule has 0 unspecified atom stereocenters. The van der Waals surface area contributed by atoms with Gasteiger partial charge in [0.05, 0.1) is 0 Å². The van der Waals surface area contributed by atoms with E-state index in [0.29, 0.717) is 0 Å². The molecule has 0 atom stereocenters. The maximum Gasteiger partial charge on any atom is 0.0465 e. The molecule has 58 heavy (non-hydrogen) atoms. The Hall–Kier alpha value is -6.74. The third-order valence-electron chi connectivity index (χ3n) is 12.9. The van der Waals surface area contributed by atoms with E-state index in [9.17, 15) is 0 Å². The monoisotopic (exact) mass is 757 g/mol. The maximum atomic E-state index is 2.45. The van der Waals surface area contributed by atoms with Crippen LogP contribution in [0, 0.1) is 0 Å². The van der Waals surface area contributed by atoms with Gasteiger partial charge in [-0.3, -0.25) is 0 Å². The zero-order valence-corrected chi connectivity index (χ0v) is 33.3. The summed E-state index contributed by atoms with van der Waals surface area (Å²) in [5.41, 5.74) is 19.4. The third kappa shape index (κ3) is 4.95. The second-order valence-electron chi connectivity index (χ2n) is 16.4. The van der Waals surface area contributed by atoms with E-state index < -0.39 is 0 Å². The molecule has 2 heteroatoms. The van der Waals surface area contributed by atoms with Gasteiger partial charge in [0.15, 0.2) is 0 Å². The van der Waals surface area contributed by atoms with Crippen LogP contribution >= 0.6 is 11.3 Å². The fourth-order valence-electron chi connectivity index (χ4n) is 10.0. The van der Waals surface area contributed by atoms with Crippen molar-refractivity contribution < 1.29 is 0 Å². The lowest BCUT2D eigenvalue weighted by molar-refractivity contribution is 0.660. The van der Waals surface area contributed by atoms with E-state index in [2.05, 4.69) is 207 Å². The van der Waals surface area contributed by atoms with Crippen LogP contribution in [0.1, 0.15) is 36.1 Å². The van der Waals surface area contributed by atoms with Crippen molar-refractivity contribution in [2.75, 3.05) is 4.90 Å². The number of hydrogen-bond acceptors (Lipinski definition) is 2. The Labute approximate surface area is 343 Å². The minimum atomic E-state index is -0.0888. The molecule has 0 N–H and O–H groups in total. The van der Waals surface area contributed by atoms with Gasteiger partial charge in [-0.15, -0.1) is 11.3 Å². The highest BCUT2D eigenvalue weighted by Gasteiger charge is 2.36. The van der Waals surface area contributed by atoms with Gasteiger partial charge in [0.2, 0.25) is 0 Å². The summed E-state index contributed by atoms with van der Waals surface area (Å²) in [5, 5.41) is 5.50. The number of thiophene rings is 1. The topological polar surface area (TPSA) is 3.24 Å². The van der Waals surface area contributed by atoms with Crippen molar-refractivity contribution >= 4 is 59.3 Å². The van der Waals surface area contributed by atoms with Crippen LogP contribution in [-0.4, -0.2) is 0 Å². The van der Waals surface area contributed by atoms with Crippen LogP contribution in [0.3, 0.4) is 0 Å². The summed E-state index contributed by atoms with van der Waals surface area (Å²) in [6, 6.07) is 69.9. The molecular weight excluding hydrogens is 719 g/mol. The van der Waals surface area contributed by atoms with Gasteiger partial charge < -0.3 is 4.90 Å². The minimum absolute atomic E-state index is 0.0888. The summed E-state index contributed by atoms with van der Waals surface area (Å²) in [6.45, 7) is 4.72. The van der Waals surface area contributed by atoms with Crippen LogP contribution in [-0.2, 0) is 11.8 Å². The van der Waals surface area contributed by atoms with E-state index in [1.165, 1.54) is 97.7 Å². The zero-order valence-electron chi connectivity index (χ0n) is 32.5. The predicted molar refractivity (Wildman–Crippen MR) is 248 cm³/mol. The van der Waals surface area contributed by atoms with Crippen molar-refractivity contribution in [3.8, 4) is 44.5 Å². The Morgan fingerprint density at radius 3 is 1.81 bits per heavy atom. The summed E-state index contributed by atoms with van der Waals surface area (Å²) >= 11 is 1.95. The van der Waals surface area contributed by atoms with Crippen LogP contribution in [0.15, 0.2) is 188 Å². The van der Waals surface area contributed by atoms with Gasteiger partial charge in [-0.05, 0) is 127 Å². The molecule has 0 fully saturated rings. The van der Waals surface area contributed by atoms with Gasteiger partial charge in [-0.25, -0.2) is 0 Å². The van der Waals surface area contributed by atoms with Crippen LogP contribution in [0.5, 0.6) is 0 Å². The third-order valence-corrected chi connectivity index (χ3v) is 14.1. The summed E-state index contributed by atoms with van der Waals surface area (Å²) in [4.78, 5) is 2.42. The van der Waals surface area contributed by atoms with E-state index in [-0.39, 0.29) is 5.41 Å². The second kappa shape index (κ2) is 12.6. The van der Waals surface area contributed by atoms with E-state index in [1.54, 1.807) is 0 Å². The summed E-state index contributed by atoms with van der Waals surface area (Å²) < 4.78 is 2.77. The van der Waals surface area contributed by atoms with Gasteiger partial charge in [-0.2, -0.15) is 0 Å². The average Bonchev–Trinajstić information content (AvgIpc) is 3.93. The van der Waals surface area contributed by atoms with Crippen molar-refractivity contribution in [2.24, 2.45) is 0 Å². The molecule has 1 heterocycles. The molecule has 2 aliphatic carbocycles. The number of fused-ring (bicyclic) bond motifs is 13. The molecule has 9 aromatic carbocycles. The highest BCUT2D eigenvalue weighted by atomic mass is 32.1. The second-order valence-corrected chi connectivity index (χ2v) is 17.5. The first kappa shape index (κ1) is 33.4. The number of benzene rings is 9. The van der Waals surface area contributed by atoms with Crippen molar-refractivity contribution in [1.29, 1.82) is 0 Å². The number of hydrogen-bond donors (Lipinski definition) is 0. The van der Waals surface area contributed by atoms with Crippen LogP contribution < -0.4 is 4.90 Å². The lowest BCUT2D eigenvalue weighted by Crippen LogP contribution is -2.16. The lowest BCUT2D eigenvalue weighted by atomic mass is 9.82. The van der Waals surface area contributed by atoms with Crippen molar-refractivity contribution in [3.05, 3.63) is 210 Å². The molecule has 0 radical (unpaired) electrons. The van der Waals surface area contributed by atoms with Crippen molar-refractivity contribution in [3.63, 3.8) is 0 Å². The molecule has 0 spiro atoms. The highest BCUT2D eigenvalue weighted by Crippen LogP contribution is 2.53. The molecule has 0 bridgehead atoms. The molecular formula is C56H39NS. The first-order valence-corrected chi connectivity index (χ1v) is 21.1. The summed E-state index contributed by atoms with van der Waals surface area (Å²) in [7, 11) is 0. The Morgan fingerprint density at radius 2 is 1.03 bits per heavy atom. The van der Waals surface area contributed by atoms with Crippen molar-refractivity contribution in [1.82, 2.24) is 0 Å². The van der Waals surface area contributed by atoms with Crippen LogP contribution in [0.4, 0.5) is 17.1 Å². The number of anilines is 3. The molecule has 0 amide bonds. The van der Waals surface area contributed by atoms with Gasteiger partial charge in [0.25, 0.3) is 0 Å².